The fraction of sp³-hybridized carbons (Fsp3) is 1.00. The fourth-order valence-corrected chi connectivity index (χ4v) is 1.83. The molecule has 2 heteroatoms. The van der Waals surface area contributed by atoms with Gasteiger partial charge in [-0.2, -0.15) is 0 Å². The van der Waals surface area contributed by atoms with Crippen LogP contribution in [0.5, 0.6) is 0 Å². The van der Waals surface area contributed by atoms with Crippen molar-refractivity contribution in [3.8, 4) is 0 Å². The number of methoxy groups -OCH3 is 2. The molecule has 0 bridgehead atoms. The lowest BCUT2D eigenvalue weighted by atomic mass is 9.88. The van der Waals surface area contributed by atoms with Crippen LogP contribution in [0.25, 0.3) is 0 Å². The van der Waals surface area contributed by atoms with E-state index in [0.29, 0.717) is 17.9 Å². The van der Waals surface area contributed by atoms with Crippen LogP contribution in [0.1, 0.15) is 40.0 Å². The first-order chi connectivity index (χ1) is 6.67. The molecule has 0 aromatic heterocycles. The highest BCUT2D eigenvalue weighted by Gasteiger charge is 2.23. The molecule has 0 heterocycles. The van der Waals surface area contributed by atoms with Crippen molar-refractivity contribution in [1.82, 2.24) is 0 Å². The maximum Gasteiger partial charge on any atom is 0.0623 e. The summed E-state index contributed by atoms with van der Waals surface area (Å²) in [7, 11) is 3.58. The van der Waals surface area contributed by atoms with Crippen LogP contribution in [0.3, 0.4) is 0 Å². The van der Waals surface area contributed by atoms with Crippen molar-refractivity contribution in [2.45, 2.75) is 46.1 Å². The summed E-state index contributed by atoms with van der Waals surface area (Å²) in [5.41, 5.74) is 0. The third-order valence-corrected chi connectivity index (χ3v) is 2.84. The minimum atomic E-state index is 0.356. The Morgan fingerprint density at radius 3 is 2.14 bits per heavy atom. The number of rotatable bonds is 8. The molecule has 0 fully saturated rings. The highest BCUT2D eigenvalue weighted by molar-refractivity contribution is 4.73. The molecule has 0 aliphatic heterocycles. The van der Waals surface area contributed by atoms with Crippen molar-refractivity contribution in [3.63, 3.8) is 0 Å². The van der Waals surface area contributed by atoms with Crippen LogP contribution >= 0.6 is 0 Å². The van der Waals surface area contributed by atoms with Gasteiger partial charge in [0.25, 0.3) is 0 Å². The van der Waals surface area contributed by atoms with E-state index in [1.165, 1.54) is 12.8 Å². The fourth-order valence-electron chi connectivity index (χ4n) is 1.83. The zero-order valence-electron chi connectivity index (χ0n) is 10.4. The molecule has 0 N–H and O–H groups in total. The maximum atomic E-state index is 5.55. The van der Waals surface area contributed by atoms with Crippen LogP contribution in [-0.4, -0.2) is 26.9 Å². The van der Waals surface area contributed by atoms with E-state index in [9.17, 15) is 0 Å². The first-order valence-corrected chi connectivity index (χ1v) is 5.69. The van der Waals surface area contributed by atoms with E-state index in [2.05, 4.69) is 20.8 Å². The normalized spacial score (nSPS) is 15.9. The monoisotopic (exact) mass is 202 g/mol. The summed E-state index contributed by atoms with van der Waals surface area (Å²) in [6, 6.07) is 0. The van der Waals surface area contributed by atoms with Gasteiger partial charge in [0.05, 0.1) is 12.7 Å². The van der Waals surface area contributed by atoms with Gasteiger partial charge in [0, 0.05) is 20.1 Å². The summed E-state index contributed by atoms with van der Waals surface area (Å²) in [4.78, 5) is 0. The lowest BCUT2D eigenvalue weighted by molar-refractivity contribution is -0.0106. The van der Waals surface area contributed by atoms with Crippen LogP contribution < -0.4 is 0 Å². The molecule has 0 amide bonds. The van der Waals surface area contributed by atoms with Gasteiger partial charge < -0.3 is 9.47 Å². The summed E-state index contributed by atoms with van der Waals surface area (Å²) in [6.07, 6.45) is 3.98. The molecule has 0 rings (SSSR count). The molecular weight excluding hydrogens is 176 g/mol. The summed E-state index contributed by atoms with van der Waals surface area (Å²) < 4.78 is 10.8. The molecule has 2 nitrogen and oxygen atoms in total. The Morgan fingerprint density at radius 1 is 1.14 bits per heavy atom. The van der Waals surface area contributed by atoms with Crippen LogP contribution in [0.15, 0.2) is 0 Å². The molecule has 14 heavy (non-hydrogen) atoms. The van der Waals surface area contributed by atoms with E-state index in [0.717, 1.165) is 13.0 Å². The van der Waals surface area contributed by atoms with Crippen LogP contribution in [0.4, 0.5) is 0 Å². The summed E-state index contributed by atoms with van der Waals surface area (Å²) in [6.45, 7) is 7.50. The van der Waals surface area contributed by atoms with Crippen molar-refractivity contribution in [1.29, 1.82) is 0 Å². The lowest BCUT2D eigenvalue weighted by Gasteiger charge is -2.28. The molecule has 2 unspecified atom stereocenters. The summed E-state index contributed by atoms with van der Waals surface area (Å²) in [5, 5.41) is 0. The number of ether oxygens (including phenoxy) is 2. The maximum absolute atomic E-state index is 5.55. The minimum absolute atomic E-state index is 0.356. The van der Waals surface area contributed by atoms with E-state index < -0.39 is 0 Å². The number of hydrogen-bond donors (Lipinski definition) is 0. The van der Waals surface area contributed by atoms with Gasteiger partial charge in [-0.3, -0.25) is 0 Å². The second-order valence-corrected chi connectivity index (χ2v) is 4.28. The van der Waals surface area contributed by atoms with Gasteiger partial charge in [-0.05, 0) is 12.3 Å². The molecule has 0 aliphatic rings. The topological polar surface area (TPSA) is 18.5 Å². The average molecular weight is 202 g/mol. The predicted octanol–water partition coefficient (Wildman–Crippen LogP) is 3.11. The van der Waals surface area contributed by atoms with Crippen LogP contribution in [-0.2, 0) is 9.47 Å². The van der Waals surface area contributed by atoms with E-state index in [4.69, 9.17) is 9.47 Å². The Labute approximate surface area is 89.0 Å². The Kier molecular flexibility index (Phi) is 8.20. The standard InChI is InChI=1S/C12H26O2/c1-6-7-8-12(14-5)11(9-13-4)10(2)3/h10-12H,6-9H2,1-5H3. The van der Waals surface area contributed by atoms with Crippen LogP contribution in [0, 0.1) is 11.8 Å². The van der Waals surface area contributed by atoms with Gasteiger partial charge in [-0.15, -0.1) is 0 Å². The van der Waals surface area contributed by atoms with E-state index in [1.54, 1.807) is 7.11 Å². The molecular formula is C12H26O2. The van der Waals surface area contributed by atoms with Gasteiger partial charge in [0.1, 0.15) is 0 Å². The van der Waals surface area contributed by atoms with Gasteiger partial charge in [0.15, 0.2) is 0 Å². The Hall–Kier alpha value is -0.0800. The molecule has 0 saturated heterocycles. The van der Waals surface area contributed by atoms with Gasteiger partial charge in [-0.25, -0.2) is 0 Å². The van der Waals surface area contributed by atoms with Crippen molar-refractivity contribution in [2.24, 2.45) is 11.8 Å². The van der Waals surface area contributed by atoms with Gasteiger partial charge in [-0.1, -0.05) is 33.6 Å². The van der Waals surface area contributed by atoms with Gasteiger partial charge in [0.2, 0.25) is 0 Å². The molecule has 86 valence electrons. The largest absolute Gasteiger partial charge is 0.384 e. The summed E-state index contributed by atoms with van der Waals surface area (Å²) in [5.74, 6) is 1.15. The molecule has 0 aliphatic carbocycles. The third-order valence-electron chi connectivity index (χ3n) is 2.84. The zero-order chi connectivity index (χ0) is 11.0. The molecule has 0 radical (unpaired) electrons. The third kappa shape index (κ3) is 4.97. The highest BCUT2D eigenvalue weighted by Crippen LogP contribution is 2.22. The first kappa shape index (κ1) is 13.9. The van der Waals surface area contributed by atoms with E-state index in [-0.39, 0.29) is 0 Å². The quantitative estimate of drug-likeness (QED) is 0.602. The van der Waals surface area contributed by atoms with Crippen molar-refractivity contribution >= 4 is 0 Å². The second kappa shape index (κ2) is 8.25. The predicted molar refractivity (Wildman–Crippen MR) is 60.5 cm³/mol. The molecule has 0 spiro atoms. The second-order valence-electron chi connectivity index (χ2n) is 4.28. The van der Waals surface area contributed by atoms with Crippen molar-refractivity contribution in [3.05, 3.63) is 0 Å². The van der Waals surface area contributed by atoms with Crippen molar-refractivity contribution < 1.29 is 9.47 Å². The highest BCUT2D eigenvalue weighted by atomic mass is 16.5. The zero-order valence-corrected chi connectivity index (χ0v) is 10.4. The smallest absolute Gasteiger partial charge is 0.0623 e. The van der Waals surface area contributed by atoms with E-state index >= 15 is 0 Å². The molecule has 0 aromatic carbocycles. The SMILES string of the molecule is CCCCC(OC)C(COC)C(C)C. The van der Waals surface area contributed by atoms with Gasteiger partial charge >= 0.3 is 0 Å². The summed E-state index contributed by atoms with van der Waals surface area (Å²) >= 11 is 0. The van der Waals surface area contributed by atoms with Crippen LogP contribution in [0.2, 0.25) is 0 Å². The molecule has 0 saturated carbocycles. The number of hydrogen-bond acceptors (Lipinski definition) is 2. The Morgan fingerprint density at radius 2 is 1.79 bits per heavy atom. The Balaban J connectivity index is 4.11. The van der Waals surface area contributed by atoms with Crippen molar-refractivity contribution in [2.75, 3.05) is 20.8 Å². The number of unbranched alkanes of at least 4 members (excludes halogenated alkanes) is 1. The molecule has 2 atom stereocenters. The first-order valence-electron chi connectivity index (χ1n) is 5.69. The lowest BCUT2D eigenvalue weighted by Crippen LogP contribution is -2.30. The Bertz CT molecular complexity index is 123. The average Bonchev–Trinajstić information content (AvgIpc) is 2.17. The minimum Gasteiger partial charge on any atom is -0.384 e. The van der Waals surface area contributed by atoms with E-state index in [1.807, 2.05) is 7.11 Å². The molecule has 0 aromatic rings.